The molecule has 0 atom stereocenters. The lowest BCUT2D eigenvalue weighted by Gasteiger charge is -2.15. The summed E-state index contributed by atoms with van der Waals surface area (Å²) in [5, 5.41) is 6.56. The predicted octanol–water partition coefficient (Wildman–Crippen LogP) is 4.91. The molecule has 0 heterocycles. The zero-order chi connectivity index (χ0) is 17.7. The maximum atomic E-state index is 12.4. The van der Waals surface area contributed by atoms with Gasteiger partial charge in [-0.05, 0) is 56.4 Å². The van der Waals surface area contributed by atoms with Crippen molar-refractivity contribution >= 4 is 52.1 Å². The van der Waals surface area contributed by atoms with Crippen LogP contribution in [-0.4, -0.2) is 17.1 Å². The molecule has 0 aliphatic heterocycles. The summed E-state index contributed by atoms with van der Waals surface area (Å²) in [5.41, 5.74) is 0.990. The number of carbonyl (C=O) groups is 1. The molecule has 1 amide bonds. The second-order valence-electron chi connectivity index (χ2n) is 5.23. The van der Waals surface area contributed by atoms with Gasteiger partial charge in [0, 0.05) is 15.7 Å². The molecule has 7 heteroatoms. The maximum Gasteiger partial charge on any atom is 0.261 e. The van der Waals surface area contributed by atoms with Crippen LogP contribution >= 0.6 is 35.4 Å². The fourth-order valence-corrected chi connectivity index (χ4v) is 2.71. The molecule has 2 N–H and O–H groups in total. The van der Waals surface area contributed by atoms with Crippen molar-refractivity contribution in [1.82, 2.24) is 5.32 Å². The smallest absolute Gasteiger partial charge is 0.261 e. The van der Waals surface area contributed by atoms with E-state index >= 15 is 0 Å². The Labute approximate surface area is 156 Å². The SMILES string of the molecule is CC(C)Oc1ccccc1C(=O)NC(=S)Nc1cc(Cl)cc(Cl)c1. The molecule has 0 saturated carbocycles. The molecule has 4 nitrogen and oxygen atoms in total. The van der Waals surface area contributed by atoms with Crippen LogP contribution in [0.1, 0.15) is 24.2 Å². The van der Waals surface area contributed by atoms with Crippen LogP contribution in [-0.2, 0) is 0 Å². The standard InChI is InChI=1S/C17H16Cl2N2O2S/c1-10(2)23-15-6-4-3-5-14(15)16(22)21-17(24)20-13-8-11(18)7-12(19)9-13/h3-10H,1-2H3,(H2,20,21,22,24). The number of hydrogen-bond acceptors (Lipinski definition) is 3. The first-order valence-corrected chi connectivity index (χ1v) is 8.35. The monoisotopic (exact) mass is 382 g/mol. The highest BCUT2D eigenvalue weighted by atomic mass is 35.5. The van der Waals surface area contributed by atoms with Gasteiger partial charge in [-0.15, -0.1) is 0 Å². The third-order valence-electron chi connectivity index (χ3n) is 2.84. The van der Waals surface area contributed by atoms with E-state index < -0.39 is 0 Å². The fourth-order valence-electron chi connectivity index (χ4n) is 1.97. The van der Waals surface area contributed by atoms with Gasteiger partial charge in [-0.1, -0.05) is 35.3 Å². The highest BCUT2D eigenvalue weighted by Gasteiger charge is 2.14. The number of carbonyl (C=O) groups excluding carboxylic acids is 1. The van der Waals surface area contributed by atoms with Crippen molar-refractivity contribution < 1.29 is 9.53 Å². The molecule has 2 aromatic carbocycles. The van der Waals surface area contributed by atoms with E-state index in [0.29, 0.717) is 27.0 Å². The van der Waals surface area contributed by atoms with E-state index in [9.17, 15) is 4.79 Å². The van der Waals surface area contributed by atoms with E-state index in [0.717, 1.165) is 0 Å². The van der Waals surface area contributed by atoms with Gasteiger partial charge in [-0.25, -0.2) is 0 Å². The number of para-hydroxylation sites is 1. The maximum absolute atomic E-state index is 12.4. The lowest BCUT2D eigenvalue weighted by atomic mass is 10.2. The number of rotatable bonds is 4. The summed E-state index contributed by atoms with van der Waals surface area (Å²) in [7, 11) is 0. The minimum absolute atomic E-state index is 0.0439. The molecule has 0 aliphatic carbocycles. The topological polar surface area (TPSA) is 50.4 Å². The van der Waals surface area contributed by atoms with E-state index in [2.05, 4.69) is 10.6 Å². The molecule has 0 aliphatic rings. The van der Waals surface area contributed by atoms with Gasteiger partial charge in [0.05, 0.1) is 11.7 Å². The zero-order valence-corrected chi connectivity index (χ0v) is 15.4. The molecule has 0 bridgehead atoms. The summed E-state index contributed by atoms with van der Waals surface area (Å²) in [6, 6.07) is 11.9. The first kappa shape index (κ1) is 18.5. The molecule has 0 aromatic heterocycles. The number of ether oxygens (including phenoxy) is 1. The summed E-state index contributed by atoms with van der Waals surface area (Å²) >= 11 is 17.0. The van der Waals surface area contributed by atoms with Crippen molar-refractivity contribution in [3.8, 4) is 5.75 Å². The molecular formula is C17H16Cl2N2O2S. The Morgan fingerprint density at radius 3 is 2.38 bits per heavy atom. The van der Waals surface area contributed by atoms with Crippen LogP contribution in [0.5, 0.6) is 5.75 Å². The molecule has 2 aromatic rings. The number of benzene rings is 2. The number of halogens is 2. The summed E-state index contributed by atoms with van der Waals surface area (Å²) in [5.74, 6) is 0.135. The van der Waals surface area contributed by atoms with Crippen molar-refractivity contribution in [2.24, 2.45) is 0 Å². The van der Waals surface area contributed by atoms with Crippen molar-refractivity contribution in [3.63, 3.8) is 0 Å². The lowest BCUT2D eigenvalue weighted by molar-refractivity contribution is 0.0972. The Bertz CT molecular complexity index is 746. The van der Waals surface area contributed by atoms with E-state index in [1.54, 1.807) is 42.5 Å². The van der Waals surface area contributed by atoms with Crippen molar-refractivity contribution in [3.05, 3.63) is 58.1 Å². The minimum Gasteiger partial charge on any atom is -0.490 e. The number of thiocarbonyl (C=S) groups is 1. The predicted molar refractivity (Wildman–Crippen MR) is 102 cm³/mol. The molecule has 24 heavy (non-hydrogen) atoms. The molecular weight excluding hydrogens is 367 g/mol. The van der Waals surface area contributed by atoms with Crippen molar-refractivity contribution in [2.45, 2.75) is 20.0 Å². The van der Waals surface area contributed by atoms with Crippen molar-refractivity contribution in [1.29, 1.82) is 0 Å². The Morgan fingerprint density at radius 2 is 1.75 bits per heavy atom. The Balaban J connectivity index is 2.08. The van der Waals surface area contributed by atoms with Crippen LogP contribution in [0.3, 0.4) is 0 Å². The van der Waals surface area contributed by atoms with Gasteiger partial charge in [0.15, 0.2) is 5.11 Å². The summed E-state index contributed by atoms with van der Waals surface area (Å²) in [6.45, 7) is 3.79. The molecule has 0 saturated heterocycles. The first-order valence-electron chi connectivity index (χ1n) is 7.19. The normalized spacial score (nSPS) is 10.4. The third-order valence-corrected chi connectivity index (χ3v) is 3.48. The lowest BCUT2D eigenvalue weighted by Crippen LogP contribution is -2.34. The third kappa shape index (κ3) is 5.37. The van der Waals surface area contributed by atoms with Crippen molar-refractivity contribution in [2.75, 3.05) is 5.32 Å². The number of amides is 1. The average Bonchev–Trinajstić information content (AvgIpc) is 2.45. The van der Waals surface area contributed by atoms with Crippen LogP contribution in [0.25, 0.3) is 0 Å². The highest BCUT2D eigenvalue weighted by Crippen LogP contribution is 2.23. The second kappa shape index (κ2) is 8.33. The van der Waals surface area contributed by atoms with E-state index in [4.69, 9.17) is 40.2 Å². The van der Waals surface area contributed by atoms with Gasteiger partial charge >= 0.3 is 0 Å². The van der Waals surface area contributed by atoms with Gasteiger partial charge in [0.1, 0.15) is 5.75 Å². The first-order chi connectivity index (χ1) is 11.3. The van der Waals surface area contributed by atoms with Crippen LogP contribution in [0.4, 0.5) is 5.69 Å². The second-order valence-corrected chi connectivity index (χ2v) is 6.51. The van der Waals surface area contributed by atoms with Gasteiger partial charge in [-0.3, -0.25) is 10.1 Å². The number of anilines is 1. The Kier molecular flexibility index (Phi) is 6.43. The molecule has 0 unspecified atom stereocenters. The van der Waals surface area contributed by atoms with Crippen LogP contribution < -0.4 is 15.4 Å². The largest absolute Gasteiger partial charge is 0.490 e. The average molecular weight is 383 g/mol. The van der Waals surface area contributed by atoms with Gasteiger partial charge < -0.3 is 10.1 Å². The molecule has 2 rings (SSSR count). The molecule has 0 spiro atoms. The Morgan fingerprint density at radius 1 is 1.12 bits per heavy atom. The van der Waals surface area contributed by atoms with E-state index in [-0.39, 0.29) is 17.1 Å². The van der Waals surface area contributed by atoms with E-state index in [1.807, 2.05) is 13.8 Å². The molecule has 0 fully saturated rings. The number of hydrogen-bond donors (Lipinski definition) is 2. The summed E-state index contributed by atoms with van der Waals surface area (Å²) in [6.07, 6.45) is -0.0439. The molecule has 0 radical (unpaired) electrons. The summed E-state index contributed by atoms with van der Waals surface area (Å²) < 4.78 is 5.64. The highest BCUT2D eigenvalue weighted by molar-refractivity contribution is 7.80. The van der Waals surface area contributed by atoms with Gasteiger partial charge in [0.2, 0.25) is 0 Å². The van der Waals surface area contributed by atoms with Gasteiger partial charge in [0.25, 0.3) is 5.91 Å². The van der Waals surface area contributed by atoms with Crippen LogP contribution in [0.2, 0.25) is 10.0 Å². The van der Waals surface area contributed by atoms with Crippen LogP contribution in [0, 0.1) is 0 Å². The quantitative estimate of drug-likeness (QED) is 0.737. The van der Waals surface area contributed by atoms with Gasteiger partial charge in [-0.2, -0.15) is 0 Å². The fraction of sp³-hybridized carbons (Fsp3) is 0.176. The van der Waals surface area contributed by atoms with Crippen LogP contribution in [0.15, 0.2) is 42.5 Å². The molecule has 126 valence electrons. The number of nitrogens with one attached hydrogen (secondary N) is 2. The summed E-state index contributed by atoms with van der Waals surface area (Å²) in [4.78, 5) is 12.4. The van der Waals surface area contributed by atoms with E-state index in [1.165, 1.54) is 0 Å². The zero-order valence-electron chi connectivity index (χ0n) is 13.1. The minimum atomic E-state index is -0.364. The Hall–Kier alpha value is -1.82.